The molecule has 2 aromatic carbocycles. The van der Waals surface area contributed by atoms with Crippen LogP contribution in [0.15, 0.2) is 53.7 Å². The van der Waals surface area contributed by atoms with Gasteiger partial charge in [-0.3, -0.25) is 4.90 Å². The van der Waals surface area contributed by atoms with E-state index in [9.17, 15) is 14.4 Å². The number of hydrogen-bond donors (Lipinski definition) is 3. The molecule has 0 radical (unpaired) electrons. The summed E-state index contributed by atoms with van der Waals surface area (Å²) in [6.07, 6.45) is 1.39. The zero-order chi connectivity index (χ0) is 27.8. The minimum Gasteiger partial charge on any atom is -0.497 e. The van der Waals surface area contributed by atoms with Crippen molar-refractivity contribution in [1.29, 1.82) is 0 Å². The summed E-state index contributed by atoms with van der Waals surface area (Å²) < 4.78 is 16.0. The number of ether oxygens (including phenoxy) is 3. The summed E-state index contributed by atoms with van der Waals surface area (Å²) in [5, 5.41) is 8.49. The Morgan fingerprint density at radius 2 is 1.68 bits per heavy atom. The average molecular weight is 525 g/mol. The van der Waals surface area contributed by atoms with Crippen LogP contribution in [0.4, 0.5) is 21.0 Å². The largest absolute Gasteiger partial charge is 0.497 e. The van der Waals surface area contributed by atoms with E-state index in [1.165, 1.54) is 14.2 Å². The van der Waals surface area contributed by atoms with Gasteiger partial charge in [-0.05, 0) is 44.9 Å². The third-order valence-electron chi connectivity index (χ3n) is 5.98. The molecule has 38 heavy (non-hydrogen) atoms. The van der Waals surface area contributed by atoms with E-state index in [0.717, 1.165) is 12.8 Å². The normalized spacial score (nSPS) is 15.2. The number of rotatable bonds is 10. The van der Waals surface area contributed by atoms with Gasteiger partial charge in [0.25, 0.3) is 0 Å². The topological polar surface area (TPSA) is 118 Å². The van der Waals surface area contributed by atoms with Crippen molar-refractivity contribution in [2.24, 2.45) is 0 Å². The Bertz CT molecular complexity index is 1190. The number of esters is 1. The second kappa shape index (κ2) is 12.8. The van der Waals surface area contributed by atoms with Crippen LogP contribution in [-0.2, 0) is 9.53 Å². The van der Waals surface area contributed by atoms with Crippen LogP contribution in [0.2, 0.25) is 0 Å². The SMILES string of the molecule is CCCCN1C(=O)NC(c2cccc(NC(=O)Nc3cc(OC)cc(OC)c3)c2)C(C(=O)OC(C)C)=C1C. The fraction of sp³-hybridized carbons (Fsp3) is 0.393. The highest BCUT2D eigenvalue weighted by Crippen LogP contribution is 2.33. The molecular weight excluding hydrogens is 488 g/mol. The molecule has 0 fully saturated rings. The molecule has 204 valence electrons. The first-order valence-corrected chi connectivity index (χ1v) is 12.6. The molecule has 1 unspecified atom stereocenters. The summed E-state index contributed by atoms with van der Waals surface area (Å²) in [6, 6.07) is 10.5. The molecule has 1 aliphatic rings. The number of nitrogens with zero attached hydrogens (tertiary/aromatic N) is 1. The first-order chi connectivity index (χ1) is 18.2. The van der Waals surface area contributed by atoms with E-state index in [1.807, 2.05) is 6.92 Å². The fourth-order valence-electron chi connectivity index (χ4n) is 4.13. The van der Waals surface area contributed by atoms with E-state index in [0.29, 0.717) is 46.3 Å². The summed E-state index contributed by atoms with van der Waals surface area (Å²) in [5.74, 6) is 0.573. The van der Waals surface area contributed by atoms with Gasteiger partial charge in [-0.25, -0.2) is 14.4 Å². The predicted octanol–water partition coefficient (Wildman–Crippen LogP) is 5.44. The Labute approximate surface area is 223 Å². The van der Waals surface area contributed by atoms with Crippen molar-refractivity contribution in [3.05, 3.63) is 59.3 Å². The molecule has 0 aliphatic carbocycles. The highest BCUT2D eigenvalue weighted by atomic mass is 16.5. The Kier molecular flexibility index (Phi) is 9.59. The van der Waals surface area contributed by atoms with Crippen LogP contribution in [0, 0.1) is 0 Å². The lowest BCUT2D eigenvalue weighted by molar-refractivity contribution is -0.143. The molecule has 1 atom stereocenters. The zero-order valence-corrected chi connectivity index (χ0v) is 22.7. The van der Waals surface area contributed by atoms with Gasteiger partial charge in [-0.15, -0.1) is 0 Å². The number of hydrogen-bond acceptors (Lipinski definition) is 6. The number of benzene rings is 2. The number of allylic oxidation sites excluding steroid dienone is 1. The molecule has 2 aromatic rings. The van der Waals surface area contributed by atoms with E-state index >= 15 is 0 Å². The van der Waals surface area contributed by atoms with Crippen molar-refractivity contribution in [2.45, 2.75) is 52.7 Å². The Morgan fingerprint density at radius 3 is 2.29 bits per heavy atom. The maximum Gasteiger partial charge on any atom is 0.338 e. The van der Waals surface area contributed by atoms with Crippen molar-refractivity contribution < 1.29 is 28.6 Å². The lowest BCUT2D eigenvalue weighted by Gasteiger charge is -2.35. The molecular formula is C28H36N4O6. The van der Waals surface area contributed by atoms with Gasteiger partial charge in [-0.2, -0.15) is 0 Å². The van der Waals surface area contributed by atoms with Crippen LogP contribution in [0.1, 0.15) is 52.1 Å². The van der Waals surface area contributed by atoms with Gasteiger partial charge in [-0.1, -0.05) is 25.5 Å². The van der Waals surface area contributed by atoms with Crippen molar-refractivity contribution >= 4 is 29.4 Å². The molecule has 1 heterocycles. The number of methoxy groups -OCH3 is 2. The number of amides is 4. The van der Waals surface area contributed by atoms with Crippen molar-refractivity contribution in [3.63, 3.8) is 0 Å². The highest BCUT2D eigenvalue weighted by Gasteiger charge is 2.36. The van der Waals surface area contributed by atoms with E-state index in [-0.39, 0.29) is 12.1 Å². The molecule has 4 amide bonds. The first-order valence-electron chi connectivity index (χ1n) is 12.6. The number of anilines is 2. The number of nitrogens with one attached hydrogen (secondary N) is 3. The van der Waals surface area contributed by atoms with Gasteiger partial charge >= 0.3 is 18.0 Å². The monoisotopic (exact) mass is 524 g/mol. The van der Waals surface area contributed by atoms with Crippen molar-refractivity contribution in [1.82, 2.24) is 10.2 Å². The summed E-state index contributed by atoms with van der Waals surface area (Å²) in [6.45, 7) is 7.85. The van der Waals surface area contributed by atoms with Crippen LogP contribution in [0.3, 0.4) is 0 Å². The molecule has 0 saturated heterocycles. The lowest BCUT2D eigenvalue weighted by Crippen LogP contribution is -2.48. The molecule has 0 aromatic heterocycles. The van der Waals surface area contributed by atoms with Crippen molar-refractivity contribution in [2.75, 3.05) is 31.4 Å². The van der Waals surface area contributed by atoms with E-state index in [1.54, 1.807) is 68.1 Å². The third-order valence-corrected chi connectivity index (χ3v) is 5.98. The number of unbranched alkanes of at least 4 members (excludes halogenated alkanes) is 1. The van der Waals surface area contributed by atoms with Crippen LogP contribution in [0.5, 0.6) is 11.5 Å². The maximum atomic E-state index is 13.1. The van der Waals surface area contributed by atoms with Gasteiger partial charge in [0.1, 0.15) is 11.5 Å². The first kappa shape index (κ1) is 28.4. The predicted molar refractivity (Wildman–Crippen MR) is 145 cm³/mol. The minimum atomic E-state index is -0.737. The Balaban J connectivity index is 1.87. The van der Waals surface area contributed by atoms with E-state index < -0.39 is 18.0 Å². The molecule has 10 nitrogen and oxygen atoms in total. The minimum absolute atomic E-state index is 0.287. The van der Waals surface area contributed by atoms with E-state index in [4.69, 9.17) is 14.2 Å². The smallest absolute Gasteiger partial charge is 0.338 e. The summed E-state index contributed by atoms with van der Waals surface area (Å²) in [5.41, 5.74) is 2.51. The maximum absolute atomic E-state index is 13.1. The summed E-state index contributed by atoms with van der Waals surface area (Å²) in [4.78, 5) is 40.4. The van der Waals surface area contributed by atoms with Gasteiger partial charge in [0.15, 0.2) is 0 Å². The van der Waals surface area contributed by atoms with Crippen molar-refractivity contribution in [3.8, 4) is 11.5 Å². The molecule has 1 aliphatic heterocycles. The van der Waals surface area contributed by atoms with Gasteiger partial charge in [0.05, 0.1) is 31.9 Å². The number of carbonyl (C=O) groups excluding carboxylic acids is 3. The highest BCUT2D eigenvalue weighted by molar-refractivity contribution is 6.00. The zero-order valence-electron chi connectivity index (χ0n) is 22.7. The lowest BCUT2D eigenvalue weighted by atomic mass is 9.94. The summed E-state index contributed by atoms with van der Waals surface area (Å²) in [7, 11) is 3.05. The standard InChI is InChI=1S/C28H36N4O6/c1-7-8-12-32-18(4)24(26(33)38-17(2)3)25(31-28(32)35)19-10-9-11-20(13-19)29-27(34)30-21-14-22(36-5)16-23(15-21)37-6/h9-11,13-17,25H,7-8,12H2,1-6H3,(H,31,35)(H2,29,30,34). The van der Waals surface area contributed by atoms with Crippen LogP contribution in [0.25, 0.3) is 0 Å². The van der Waals surface area contributed by atoms with Crippen LogP contribution in [-0.4, -0.2) is 49.8 Å². The van der Waals surface area contributed by atoms with Gasteiger partial charge in [0, 0.05) is 41.8 Å². The molecule has 0 bridgehead atoms. The molecule has 3 rings (SSSR count). The second-order valence-electron chi connectivity index (χ2n) is 9.15. The second-order valence-corrected chi connectivity index (χ2v) is 9.15. The average Bonchev–Trinajstić information content (AvgIpc) is 2.87. The molecule has 10 heteroatoms. The quantitative estimate of drug-likeness (QED) is 0.356. The Hall–Kier alpha value is -4.21. The van der Waals surface area contributed by atoms with Crippen LogP contribution < -0.4 is 25.4 Å². The number of urea groups is 2. The van der Waals surface area contributed by atoms with Crippen LogP contribution >= 0.6 is 0 Å². The molecule has 0 saturated carbocycles. The molecule has 0 spiro atoms. The summed E-state index contributed by atoms with van der Waals surface area (Å²) >= 11 is 0. The van der Waals surface area contributed by atoms with Gasteiger partial charge in [0.2, 0.25) is 0 Å². The number of carbonyl (C=O) groups is 3. The third kappa shape index (κ3) is 6.96. The fourth-order valence-corrected chi connectivity index (χ4v) is 4.13. The Morgan fingerprint density at radius 1 is 1.03 bits per heavy atom. The van der Waals surface area contributed by atoms with Gasteiger partial charge < -0.3 is 30.2 Å². The van der Waals surface area contributed by atoms with E-state index in [2.05, 4.69) is 16.0 Å². The molecule has 3 N–H and O–H groups in total.